The van der Waals surface area contributed by atoms with Gasteiger partial charge in [0.15, 0.2) is 5.96 Å². The monoisotopic (exact) mass is 491 g/mol. The highest BCUT2D eigenvalue weighted by molar-refractivity contribution is 5.97. The molecule has 3 aliphatic rings. The molecule has 1 heterocycles. The molecule has 6 heteroatoms. The van der Waals surface area contributed by atoms with Crippen molar-refractivity contribution < 1.29 is 14.3 Å². The van der Waals surface area contributed by atoms with E-state index in [0.717, 1.165) is 34.1 Å². The number of hydrogen-bond acceptors (Lipinski definition) is 6. The van der Waals surface area contributed by atoms with E-state index in [4.69, 9.17) is 15.2 Å². The minimum absolute atomic E-state index is 0.0660. The van der Waals surface area contributed by atoms with Crippen LogP contribution in [0, 0.1) is 5.92 Å². The summed E-state index contributed by atoms with van der Waals surface area (Å²) < 4.78 is 11.2. The quantitative estimate of drug-likeness (QED) is 0.465. The van der Waals surface area contributed by atoms with Crippen LogP contribution in [0.15, 0.2) is 107 Å². The Kier molecular flexibility index (Phi) is 5.60. The Balaban J connectivity index is 1.20. The van der Waals surface area contributed by atoms with Crippen LogP contribution in [0.1, 0.15) is 36.1 Å². The molecule has 0 spiro atoms. The fourth-order valence-electron chi connectivity index (χ4n) is 5.57. The van der Waals surface area contributed by atoms with Crippen LogP contribution >= 0.6 is 0 Å². The molecule has 186 valence electrons. The van der Waals surface area contributed by atoms with Gasteiger partial charge in [0.05, 0.1) is 12.7 Å². The first-order chi connectivity index (χ1) is 18.0. The number of allylic oxidation sites excluding steroid dienone is 4. The van der Waals surface area contributed by atoms with Gasteiger partial charge in [-0.1, -0.05) is 72.8 Å². The predicted molar refractivity (Wildman–Crippen MR) is 144 cm³/mol. The van der Waals surface area contributed by atoms with Crippen LogP contribution in [-0.2, 0) is 26.3 Å². The van der Waals surface area contributed by atoms with Crippen molar-refractivity contribution in [1.29, 1.82) is 0 Å². The molecular formula is C31H29N3O3. The third-order valence-corrected chi connectivity index (χ3v) is 7.67. The molecule has 3 N–H and O–H groups in total. The SMILES string of the molecule is COC1=CC2CC2(c2ccc(COC(=O)C3=C(C)NC(N)=NC3c3cccc4ccccc34)cc2)C=C1. The summed E-state index contributed by atoms with van der Waals surface area (Å²) in [5.74, 6) is 1.28. The first-order valence-corrected chi connectivity index (χ1v) is 12.5. The first kappa shape index (κ1) is 23.1. The van der Waals surface area contributed by atoms with Gasteiger partial charge >= 0.3 is 5.97 Å². The van der Waals surface area contributed by atoms with Crippen molar-refractivity contribution in [2.75, 3.05) is 7.11 Å². The smallest absolute Gasteiger partial charge is 0.338 e. The summed E-state index contributed by atoms with van der Waals surface area (Å²) in [4.78, 5) is 18.0. The van der Waals surface area contributed by atoms with Gasteiger partial charge in [0.2, 0.25) is 0 Å². The molecule has 3 unspecified atom stereocenters. The lowest BCUT2D eigenvalue weighted by atomic mass is 9.89. The van der Waals surface area contributed by atoms with Crippen molar-refractivity contribution in [3.63, 3.8) is 0 Å². The van der Waals surface area contributed by atoms with Crippen molar-refractivity contribution in [2.45, 2.75) is 31.4 Å². The molecule has 6 nitrogen and oxygen atoms in total. The summed E-state index contributed by atoms with van der Waals surface area (Å²) >= 11 is 0. The van der Waals surface area contributed by atoms with Gasteiger partial charge in [-0.05, 0) is 58.9 Å². The molecule has 1 saturated carbocycles. The minimum atomic E-state index is -0.545. The summed E-state index contributed by atoms with van der Waals surface area (Å²) in [7, 11) is 1.70. The van der Waals surface area contributed by atoms with E-state index in [9.17, 15) is 4.79 Å². The number of esters is 1. The zero-order chi connectivity index (χ0) is 25.6. The van der Waals surface area contributed by atoms with Crippen LogP contribution in [0.5, 0.6) is 0 Å². The molecule has 37 heavy (non-hydrogen) atoms. The maximum Gasteiger partial charge on any atom is 0.338 e. The molecule has 1 fully saturated rings. The standard InChI is InChI=1S/C31H29N3O3/c1-19-27(28(34-30(32)33-19)26-9-5-7-21-6-3-4-8-25(21)26)29(35)37-18-20-10-12-22(13-11-20)31-15-14-24(36-2)16-23(31)17-31/h3-16,23,28H,17-18H2,1-2H3,(H3,32,33,34). The average Bonchev–Trinajstić information content (AvgIpc) is 3.66. The molecule has 3 atom stereocenters. The summed E-state index contributed by atoms with van der Waals surface area (Å²) in [6.07, 6.45) is 7.58. The van der Waals surface area contributed by atoms with Crippen molar-refractivity contribution in [1.82, 2.24) is 5.32 Å². The lowest BCUT2D eigenvalue weighted by molar-refractivity contribution is -0.140. The second kappa shape index (κ2) is 8.96. The van der Waals surface area contributed by atoms with Gasteiger partial charge in [-0.3, -0.25) is 0 Å². The van der Waals surface area contributed by atoms with Gasteiger partial charge in [0.1, 0.15) is 18.4 Å². The zero-order valence-electron chi connectivity index (χ0n) is 20.9. The number of nitrogens with one attached hydrogen (secondary N) is 1. The number of nitrogens with two attached hydrogens (primary N) is 1. The molecule has 0 saturated heterocycles. The third-order valence-electron chi connectivity index (χ3n) is 7.67. The van der Waals surface area contributed by atoms with Crippen LogP contribution in [0.25, 0.3) is 10.8 Å². The van der Waals surface area contributed by atoms with E-state index in [-0.39, 0.29) is 18.0 Å². The summed E-state index contributed by atoms with van der Waals surface area (Å²) in [6.45, 7) is 2.01. The highest BCUT2D eigenvalue weighted by Crippen LogP contribution is 2.58. The fourth-order valence-corrected chi connectivity index (χ4v) is 5.57. The van der Waals surface area contributed by atoms with Crippen molar-refractivity contribution in [3.05, 3.63) is 119 Å². The van der Waals surface area contributed by atoms with Crippen LogP contribution in [-0.4, -0.2) is 19.0 Å². The number of methoxy groups -OCH3 is 1. The number of benzene rings is 3. The number of guanidine groups is 1. The molecule has 1 aliphatic heterocycles. The molecule has 0 aromatic heterocycles. The maximum atomic E-state index is 13.4. The topological polar surface area (TPSA) is 85.9 Å². The summed E-state index contributed by atoms with van der Waals surface area (Å²) in [5, 5.41) is 5.11. The van der Waals surface area contributed by atoms with E-state index >= 15 is 0 Å². The Morgan fingerprint density at radius 3 is 2.68 bits per heavy atom. The van der Waals surface area contributed by atoms with Gasteiger partial charge in [-0.25, -0.2) is 9.79 Å². The van der Waals surface area contributed by atoms with Crippen molar-refractivity contribution in [2.24, 2.45) is 16.6 Å². The third kappa shape index (κ3) is 4.08. The second-order valence-electron chi connectivity index (χ2n) is 9.88. The van der Waals surface area contributed by atoms with E-state index < -0.39 is 12.0 Å². The first-order valence-electron chi connectivity index (χ1n) is 12.5. The number of carbonyl (C=O) groups excluding carboxylic acids is 1. The van der Waals surface area contributed by atoms with Crippen LogP contribution in [0.2, 0.25) is 0 Å². The Morgan fingerprint density at radius 2 is 1.89 bits per heavy atom. The number of ether oxygens (including phenoxy) is 2. The Morgan fingerprint density at radius 1 is 1.11 bits per heavy atom. The molecule has 6 rings (SSSR count). The minimum Gasteiger partial charge on any atom is -0.497 e. The van der Waals surface area contributed by atoms with Gasteiger partial charge in [-0.2, -0.15) is 0 Å². The Hall–Kier alpha value is -4.32. The van der Waals surface area contributed by atoms with Crippen LogP contribution in [0.3, 0.4) is 0 Å². The number of nitrogens with zero attached hydrogens (tertiary/aromatic N) is 1. The van der Waals surface area contributed by atoms with Crippen molar-refractivity contribution in [3.8, 4) is 0 Å². The number of aliphatic imine (C=N–C) groups is 1. The molecule has 0 bridgehead atoms. The maximum absolute atomic E-state index is 13.4. The molecular weight excluding hydrogens is 462 g/mol. The van der Waals surface area contributed by atoms with E-state index in [0.29, 0.717) is 17.2 Å². The molecule has 2 aliphatic carbocycles. The largest absolute Gasteiger partial charge is 0.497 e. The molecule has 0 radical (unpaired) electrons. The predicted octanol–water partition coefficient (Wildman–Crippen LogP) is 5.17. The van der Waals surface area contributed by atoms with Crippen LogP contribution in [0.4, 0.5) is 0 Å². The zero-order valence-corrected chi connectivity index (χ0v) is 20.9. The Labute approximate surface area is 216 Å². The highest BCUT2D eigenvalue weighted by Gasteiger charge is 2.53. The van der Waals surface area contributed by atoms with Gasteiger partial charge in [0, 0.05) is 11.1 Å². The summed E-state index contributed by atoms with van der Waals surface area (Å²) in [6, 6.07) is 21.9. The number of rotatable bonds is 6. The van der Waals surface area contributed by atoms with Crippen molar-refractivity contribution >= 4 is 22.7 Å². The molecule has 3 aromatic rings. The van der Waals surface area contributed by atoms with E-state index in [1.54, 1.807) is 7.11 Å². The van der Waals surface area contributed by atoms with Gasteiger partial charge < -0.3 is 20.5 Å². The van der Waals surface area contributed by atoms with E-state index in [2.05, 4.69) is 40.7 Å². The average molecular weight is 492 g/mol. The Bertz CT molecular complexity index is 1510. The number of fused-ring (bicyclic) bond motifs is 2. The van der Waals surface area contributed by atoms with Crippen LogP contribution < -0.4 is 11.1 Å². The fraction of sp³-hybridized carbons (Fsp3) is 0.226. The van der Waals surface area contributed by atoms with E-state index in [1.807, 2.05) is 61.5 Å². The lowest BCUT2D eigenvalue weighted by Crippen LogP contribution is -2.37. The molecule has 0 amide bonds. The molecule has 3 aromatic carbocycles. The van der Waals surface area contributed by atoms with E-state index in [1.165, 1.54) is 5.56 Å². The number of hydrogen-bond donors (Lipinski definition) is 2. The summed E-state index contributed by atoms with van der Waals surface area (Å²) in [5.41, 5.74) is 10.4. The van der Waals surface area contributed by atoms with Gasteiger partial charge in [-0.15, -0.1) is 0 Å². The normalized spacial score (nSPS) is 24.1. The van der Waals surface area contributed by atoms with Gasteiger partial charge in [0.25, 0.3) is 0 Å². The lowest BCUT2D eigenvalue weighted by Gasteiger charge is -2.25. The second-order valence-corrected chi connectivity index (χ2v) is 9.88. The number of carbonyl (C=O) groups is 1. The highest BCUT2D eigenvalue weighted by atomic mass is 16.5.